The lowest BCUT2D eigenvalue weighted by Gasteiger charge is -2.35. The van der Waals surface area contributed by atoms with Gasteiger partial charge in [-0.3, -0.25) is 4.79 Å². The predicted molar refractivity (Wildman–Crippen MR) is 104 cm³/mol. The standard InChI is InChI=1S/C11H19NO3.C9H11ClO/c1-3-15-10(14)11(12-9(2)13)7-5-4-6-8-11;1-6-4-8(10)7(2)9(5-6)11-3/h3-8H2,1-2H3,(H,12,13);4-5H,1-3H3. The van der Waals surface area contributed by atoms with Crippen molar-refractivity contribution in [1.82, 2.24) is 5.32 Å². The molecule has 6 heteroatoms. The molecule has 0 unspecified atom stereocenters. The lowest BCUT2D eigenvalue weighted by atomic mass is 9.81. The Labute approximate surface area is 161 Å². The van der Waals surface area contributed by atoms with Gasteiger partial charge in [-0.1, -0.05) is 30.9 Å². The molecule has 0 aliphatic heterocycles. The van der Waals surface area contributed by atoms with Crippen molar-refractivity contribution in [3.63, 3.8) is 0 Å². The molecule has 1 aromatic rings. The van der Waals surface area contributed by atoms with Crippen molar-refractivity contribution in [3.05, 3.63) is 28.3 Å². The highest BCUT2D eigenvalue weighted by molar-refractivity contribution is 6.31. The molecule has 1 saturated carbocycles. The summed E-state index contributed by atoms with van der Waals surface area (Å²) in [6.45, 7) is 7.52. The second-order valence-electron chi connectivity index (χ2n) is 6.62. The van der Waals surface area contributed by atoms with E-state index in [1.54, 1.807) is 14.0 Å². The highest BCUT2D eigenvalue weighted by Crippen LogP contribution is 2.29. The Morgan fingerprint density at radius 3 is 2.31 bits per heavy atom. The summed E-state index contributed by atoms with van der Waals surface area (Å²) in [6.07, 6.45) is 4.47. The third-order valence-corrected chi connectivity index (χ3v) is 4.84. The first-order valence-electron chi connectivity index (χ1n) is 9.02. The van der Waals surface area contributed by atoms with Gasteiger partial charge in [0.15, 0.2) is 0 Å². The van der Waals surface area contributed by atoms with E-state index in [-0.39, 0.29) is 11.9 Å². The summed E-state index contributed by atoms with van der Waals surface area (Å²) < 4.78 is 10.2. The van der Waals surface area contributed by atoms with Crippen LogP contribution in [0.25, 0.3) is 0 Å². The van der Waals surface area contributed by atoms with Crippen LogP contribution >= 0.6 is 11.6 Å². The van der Waals surface area contributed by atoms with Crippen LogP contribution in [-0.4, -0.2) is 31.1 Å². The van der Waals surface area contributed by atoms with Crippen LogP contribution in [0.5, 0.6) is 5.75 Å². The number of hydrogen-bond donors (Lipinski definition) is 1. The SMILES string of the molecule is CCOC(=O)C1(NC(C)=O)CCCCC1.COc1cc(C)cc(Cl)c1C. The van der Waals surface area contributed by atoms with Crippen LogP contribution in [0.1, 0.15) is 57.1 Å². The lowest BCUT2D eigenvalue weighted by molar-refractivity contribution is -0.154. The summed E-state index contributed by atoms with van der Waals surface area (Å²) >= 11 is 5.92. The first-order chi connectivity index (χ1) is 12.3. The first-order valence-corrected chi connectivity index (χ1v) is 9.40. The number of carbonyl (C=O) groups excluding carboxylic acids is 2. The number of aryl methyl sites for hydroxylation is 1. The minimum absolute atomic E-state index is 0.162. The van der Waals surface area contributed by atoms with Crippen molar-refractivity contribution in [2.45, 2.75) is 65.3 Å². The monoisotopic (exact) mass is 383 g/mol. The molecule has 0 spiro atoms. The first kappa shape index (κ1) is 22.3. The average molecular weight is 384 g/mol. The third-order valence-electron chi connectivity index (χ3n) is 4.45. The maximum atomic E-state index is 11.8. The number of ether oxygens (including phenoxy) is 2. The van der Waals surface area contributed by atoms with Gasteiger partial charge in [-0.2, -0.15) is 0 Å². The summed E-state index contributed by atoms with van der Waals surface area (Å²) in [5.41, 5.74) is 1.37. The van der Waals surface area contributed by atoms with Gasteiger partial charge < -0.3 is 14.8 Å². The quantitative estimate of drug-likeness (QED) is 0.785. The van der Waals surface area contributed by atoms with Gasteiger partial charge in [-0.05, 0) is 51.3 Å². The summed E-state index contributed by atoms with van der Waals surface area (Å²) in [5.74, 6) is 0.417. The summed E-state index contributed by atoms with van der Waals surface area (Å²) in [5, 5.41) is 3.53. The molecule has 1 aliphatic carbocycles. The Bertz CT molecular complexity index is 624. The van der Waals surface area contributed by atoms with E-state index in [0.29, 0.717) is 19.4 Å². The minimum Gasteiger partial charge on any atom is -0.496 e. The molecule has 1 N–H and O–H groups in total. The average Bonchev–Trinajstić information content (AvgIpc) is 2.59. The highest BCUT2D eigenvalue weighted by atomic mass is 35.5. The van der Waals surface area contributed by atoms with Gasteiger partial charge >= 0.3 is 5.97 Å². The zero-order chi connectivity index (χ0) is 19.7. The Balaban J connectivity index is 0.000000273. The fourth-order valence-electron chi connectivity index (χ4n) is 3.14. The number of benzene rings is 1. The van der Waals surface area contributed by atoms with Gasteiger partial charge in [-0.25, -0.2) is 4.79 Å². The normalized spacial score (nSPS) is 15.3. The molecular formula is C20H30ClNO4. The van der Waals surface area contributed by atoms with Crippen molar-refractivity contribution in [2.75, 3.05) is 13.7 Å². The van der Waals surface area contributed by atoms with Crippen LogP contribution in [0.15, 0.2) is 12.1 Å². The van der Waals surface area contributed by atoms with E-state index < -0.39 is 5.54 Å². The van der Waals surface area contributed by atoms with E-state index in [9.17, 15) is 9.59 Å². The zero-order valence-corrected chi connectivity index (χ0v) is 17.2. The molecule has 0 aromatic heterocycles. The Hall–Kier alpha value is -1.75. The van der Waals surface area contributed by atoms with Gasteiger partial charge in [0.05, 0.1) is 13.7 Å². The second kappa shape index (κ2) is 10.4. The Morgan fingerprint density at radius 2 is 1.81 bits per heavy atom. The van der Waals surface area contributed by atoms with E-state index in [4.69, 9.17) is 21.1 Å². The van der Waals surface area contributed by atoms with Gasteiger partial charge in [0.2, 0.25) is 5.91 Å². The van der Waals surface area contributed by atoms with Crippen LogP contribution in [-0.2, 0) is 14.3 Å². The molecule has 26 heavy (non-hydrogen) atoms. The summed E-state index contributed by atoms with van der Waals surface area (Å²) in [6, 6.07) is 3.90. The summed E-state index contributed by atoms with van der Waals surface area (Å²) in [4.78, 5) is 22.9. The predicted octanol–water partition coefficient (Wildman–Crippen LogP) is 4.35. The van der Waals surface area contributed by atoms with Crippen molar-refractivity contribution in [3.8, 4) is 5.75 Å². The van der Waals surface area contributed by atoms with Crippen molar-refractivity contribution in [1.29, 1.82) is 0 Å². The van der Waals surface area contributed by atoms with Crippen molar-refractivity contribution < 1.29 is 19.1 Å². The number of rotatable bonds is 4. The molecule has 0 saturated heterocycles. The van der Waals surface area contributed by atoms with Crippen molar-refractivity contribution in [2.24, 2.45) is 0 Å². The largest absolute Gasteiger partial charge is 0.496 e. The number of halogens is 1. The Morgan fingerprint density at radius 1 is 1.19 bits per heavy atom. The van der Waals surface area contributed by atoms with E-state index in [1.165, 1.54) is 6.92 Å². The van der Waals surface area contributed by atoms with Crippen molar-refractivity contribution >= 4 is 23.5 Å². The fraction of sp³-hybridized carbons (Fsp3) is 0.600. The third kappa shape index (κ3) is 6.20. The number of methoxy groups -OCH3 is 1. The molecule has 0 bridgehead atoms. The highest BCUT2D eigenvalue weighted by Gasteiger charge is 2.41. The van der Waals surface area contributed by atoms with Gasteiger partial charge in [0, 0.05) is 17.5 Å². The second-order valence-corrected chi connectivity index (χ2v) is 7.03. The molecule has 5 nitrogen and oxygen atoms in total. The number of nitrogens with one attached hydrogen (secondary N) is 1. The van der Waals surface area contributed by atoms with Gasteiger partial charge in [0.25, 0.3) is 0 Å². The van der Waals surface area contributed by atoms with Crippen LogP contribution in [0.3, 0.4) is 0 Å². The van der Waals surface area contributed by atoms with Crippen LogP contribution in [0.2, 0.25) is 5.02 Å². The maximum Gasteiger partial charge on any atom is 0.331 e. The molecule has 2 rings (SSSR count). The molecule has 1 fully saturated rings. The van der Waals surface area contributed by atoms with E-state index in [0.717, 1.165) is 41.2 Å². The molecule has 0 radical (unpaired) electrons. The van der Waals surface area contributed by atoms with Gasteiger partial charge in [0.1, 0.15) is 11.3 Å². The number of hydrogen-bond acceptors (Lipinski definition) is 4. The molecule has 0 heterocycles. The molecule has 0 atom stereocenters. The molecular weight excluding hydrogens is 354 g/mol. The van der Waals surface area contributed by atoms with Crippen LogP contribution in [0, 0.1) is 13.8 Å². The van der Waals surface area contributed by atoms with Gasteiger partial charge in [-0.15, -0.1) is 0 Å². The molecule has 146 valence electrons. The van der Waals surface area contributed by atoms with E-state index in [1.807, 2.05) is 26.0 Å². The van der Waals surface area contributed by atoms with E-state index in [2.05, 4.69) is 5.32 Å². The topological polar surface area (TPSA) is 64.6 Å². The minimum atomic E-state index is -0.750. The van der Waals surface area contributed by atoms with Crippen LogP contribution < -0.4 is 10.1 Å². The fourth-order valence-corrected chi connectivity index (χ4v) is 3.40. The zero-order valence-electron chi connectivity index (χ0n) is 16.4. The summed E-state index contributed by atoms with van der Waals surface area (Å²) in [7, 11) is 1.65. The smallest absolute Gasteiger partial charge is 0.331 e. The number of carbonyl (C=O) groups is 2. The Kier molecular flexibility index (Phi) is 8.93. The lowest BCUT2D eigenvalue weighted by Crippen LogP contribution is -2.55. The number of esters is 1. The van der Waals surface area contributed by atoms with E-state index >= 15 is 0 Å². The maximum absolute atomic E-state index is 11.8. The van der Waals surface area contributed by atoms with Crippen LogP contribution in [0.4, 0.5) is 0 Å². The number of amides is 1. The molecule has 1 aromatic carbocycles. The molecule has 1 aliphatic rings. The molecule has 1 amide bonds.